The SMILES string of the molecule is CC1(C)c2cc(N3CCC(N4CCOCC4)CC3)c(Cl)cc2C(=O)c2c1[nH]c1cc(N)ccc21. The van der Waals surface area contributed by atoms with Crippen molar-refractivity contribution in [1.29, 1.82) is 0 Å². The predicted octanol–water partition coefficient (Wildman–Crippen LogP) is 4.57. The number of nitrogens with one attached hydrogen (secondary N) is 1. The highest BCUT2D eigenvalue weighted by atomic mass is 35.5. The van der Waals surface area contributed by atoms with Crippen LogP contribution in [0.1, 0.15) is 53.9 Å². The van der Waals surface area contributed by atoms with E-state index in [0.717, 1.165) is 85.6 Å². The van der Waals surface area contributed by atoms with Crippen LogP contribution < -0.4 is 10.6 Å². The van der Waals surface area contributed by atoms with Crippen molar-refractivity contribution in [1.82, 2.24) is 9.88 Å². The van der Waals surface area contributed by atoms with Gasteiger partial charge in [0.1, 0.15) is 0 Å². The fraction of sp³-hybridized carbons (Fsp3) is 0.444. The highest BCUT2D eigenvalue weighted by Gasteiger charge is 2.40. The van der Waals surface area contributed by atoms with E-state index in [0.29, 0.717) is 22.3 Å². The second-order valence-corrected chi connectivity index (χ2v) is 10.8. The smallest absolute Gasteiger partial charge is 0.195 e. The van der Waals surface area contributed by atoms with Gasteiger partial charge in [0.25, 0.3) is 0 Å². The molecule has 0 amide bonds. The summed E-state index contributed by atoms with van der Waals surface area (Å²) >= 11 is 6.83. The zero-order valence-corrected chi connectivity index (χ0v) is 20.5. The van der Waals surface area contributed by atoms with Crippen molar-refractivity contribution < 1.29 is 9.53 Å². The van der Waals surface area contributed by atoms with Crippen molar-refractivity contribution >= 4 is 39.7 Å². The number of rotatable bonds is 2. The third kappa shape index (κ3) is 3.35. The maximum atomic E-state index is 13.7. The molecule has 2 saturated heterocycles. The molecule has 2 aliphatic heterocycles. The van der Waals surface area contributed by atoms with Crippen LogP contribution in [0.25, 0.3) is 10.9 Å². The van der Waals surface area contributed by atoms with E-state index >= 15 is 0 Å². The van der Waals surface area contributed by atoms with Crippen LogP contribution in [0.4, 0.5) is 11.4 Å². The molecule has 2 aromatic carbocycles. The minimum absolute atomic E-state index is 0.0276. The monoisotopic (exact) mass is 478 g/mol. The predicted molar refractivity (Wildman–Crippen MR) is 137 cm³/mol. The number of halogens is 1. The summed E-state index contributed by atoms with van der Waals surface area (Å²) in [7, 11) is 0. The minimum atomic E-state index is -0.363. The first-order valence-electron chi connectivity index (χ1n) is 12.2. The number of carbonyl (C=O) groups is 1. The van der Waals surface area contributed by atoms with E-state index in [2.05, 4.69) is 34.7 Å². The number of carbonyl (C=O) groups excluding carboxylic acids is 1. The van der Waals surface area contributed by atoms with Crippen LogP contribution in [0.5, 0.6) is 0 Å². The molecule has 1 aromatic heterocycles. The summed E-state index contributed by atoms with van der Waals surface area (Å²) in [4.78, 5) is 22.1. The molecule has 3 aliphatic rings. The van der Waals surface area contributed by atoms with Gasteiger partial charge < -0.3 is 20.4 Å². The van der Waals surface area contributed by atoms with Crippen LogP contribution in [0.3, 0.4) is 0 Å². The van der Waals surface area contributed by atoms with Crippen LogP contribution in [0.2, 0.25) is 5.02 Å². The molecule has 0 unspecified atom stereocenters. The van der Waals surface area contributed by atoms with Gasteiger partial charge in [0, 0.05) is 65.5 Å². The molecule has 3 heterocycles. The van der Waals surface area contributed by atoms with Gasteiger partial charge in [0.2, 0.25) is 0 Å². The highest BCUT2D eigenvalue weighted by Crippen LogP contribution is 2.46. The first kappa shape index (κ1) is 22.0. The van der Waals surface area contributed by atoms with Gasteiger partial charge in [-0.3, -0.25) is 9.69 Å². The average molecular weight is 479 g/mol. The zero-order valence-electron chi connectivity index (χ0n) is 19.8. The number of aromatic amines is 1. The summed E-state index contributed by atoms with van der Waals surface area (Å²) in [5.74, 6) is 0.0276. The van der Waals surface area contributed by atoms with Crippen LogP contribution in [0.15, 0.2) is 30.3 Å². The lowest BCUT2D eigenvalue weighted by Gasteiger charge is -2.41. The molecular weight excluding hydrogens is 448 g/mol. The summed E-state index contributed by atoms with van der Waals surface area (Å²) < 4.78 is 5.52. The van der Waals surface area contributed by atoms with E-state index in [9.17, 15) is 4.79 Å². The summed E-state index contributed by atoms with van der Waals surface area (Å²) in [6.45, 7) is 10.0. The number of benzene rings is 2. The molecule has 0 saturated carbocycles. The average Bonchev–Trinajstić information content (AvgIpc) is 3.23. The summed E-state index contributed by atoms with van der Waals surface area (Å²) in [5.41, 5.74) is 11.7. The van der Waals surface area contributed by atoms with E-state index in [1.165, 1.54) is 0 Å². The van der Waals surface area contributed by atoms with Crippen molar-refractivity contribution in [2.75, 3.05) is 50.0 Å². The van der Waals surface area contributed by atoms with Crippen LogP contribution in [-0.2, 0) is 10.2 Å². The molecule has 0 bridgehead atoms. The number of fused-ring (bicyclic) bond motifs is 4. The highest BCUT2D eigenvalue weighted by molar-refractivity contribution is 6.34. The number of H-pyrrole nitrogens is 1. The normalized spacial score (nSPS) is 21.0. The van der Waals surface area contributed by atoms with Crippen LogP contribution >= 0.6 is 11.6 Å². The maximum absolute atomic E-state index is 13.7. The Morgan fingerprint density at radius 3 is 2.56 bits per heavy atom. The molecule has 0 radical (unpaired) electrons. The molecule has 2 fully saturated rings. The van der Waals surface area contributed by atoms with Gasteiger partial charge in [-0.05, 0) is 42.7 Å². The number of nitrogens with two attached hydrogens (primary N) is 1. The van der Waals surface area contributed by atoms with Crippen LogP contribution in [-0.4, -0.2) is 61.1 Å². The fourth-order valence-electron chi connectivity index (χ4n) is 6.11. The number of piperidine rings is 1. The lowest BCUT2D eigenvalue weighted by molar-refractivity contribution is 0.0115. The lowest BCUT2D eigenvalue weighted by Crippen LogP contribution is -2.49. The van der Waals surface area contributed by atoms with E-state index in [1.807, 2.05) is 24.3 Å². The Bertz CT molecular complexity index is 1280. The van der Waals surface area contributed by atoms with Crippen LogP contribution in [0, 0.1) is 0 Å². The number of anilines is 2. The Hall–Kier alpha value is -2.54. The summed E-state index contributed by atoms with van der Waals surface area (Å²) in [6.07, 6.45) is 2.23. The van der Waals surface area contributed by atoms with Gasteiger partial charge in [-0.25, -0.2) is 0 Å². The van der Waals surface area contributed by atoms with Gasteiger partial charge in [-0.1, -0.05) is 31.5 Å². The quantitative estimate of drug-likeness (QED) is 0.527. The van der Waals surface area contributed by atoms with E-state index in [4.69, 9.17) is 22.1 Å². The van der Waals surface area contributed by atoms with Crippen molar-refractivity contribution in [2.45, 2.75) is 38.1 Å². The van der Waals surface area contributed by atoms with Gasteiger partial charge >= 0.3 is 0 Å². The third-order valence-corrected chi connectivity index (χ3v) is 8.35. The molecule has 6 rings (SSSR count). The second kappa shape index (κ2) is 8.01. The molecule has 0 atom stereocenters. The molecule has 7 heteroatoms. The number of hydrogen-bond acceptors (Lipinski definition) is 5. The number of morpholine rings is 1. The second-order valence-electron chi connectivity index (χ2n) is 10.3. The van der Waals surface area contributed by atoms with Crippen molar-refractivity contribution in [3.8, 4) is 0 Å². The van der Waals surface area contributed by atoms with Gasteiger partial charge in [0.15, 0.2) is 5.78 Å². The van der Waals surface area contributed by atoms with E-state index in [-0.39, 0.29) is 11.2 Å². The molecule has 6 nitrogen and oxygen atoms in total. The van der Waals surface area contributed by atoms with Gasteiger partial charge in [0.05, 0.1) is 29.5 Å². The number of hydrogen-bond donors (Lipinski definition) is 2. The standard InChI is InChI=1S/C27H31ClN4O2/c1-27(2)20-15-23(32-7-5-17(6-8-32)31-9-11-34-12-10-31)21(28)14-19(20)25(33)24-18-4-3-16(29)13-22(18)30-26(24)27/h3-4,13-15,17,30H,5-12,29H2,1-2H3. The minimum Gasteiger partial charge on any atom is -0.399 e. The Kier molecular flexibility index (Phi) is 5.17. The summed E-state index contributed by atoms with van der Waals surface area (Å²) in [5, 5.41) is 1.57. The third-order valence-electron chi connectivity index (χ3n) is 8.05. The van der Waals surface area contributed by atoms with E-state index < -0.39 is 0 Å². The van der Waals surface area contributed by atoms with Crippen molar-refractivity contribution in [3.63, 3.8) is 0 Å². The number of nitrogens with zero attached hydrogens (tertiary/aromatic N) is 2. The van der Waals surface area contributed by atoms with Crippen molar-refractivity contribution in [3.05, 3.63) is 57.7 Å². The van der Waals surface area contributed by atoms with E-state index in [1.54, 1.807) is 0 Å². The summed E-state index contributed by atoms with van der Waals surface area (Å²) in [6, 6.07) is 10.3. The molecule has 3 N–H and O–H groups in total. The van der Waals surface area contributed by atoms with Crippen molar-refractivity contribution in [2.24, 2.45) is 0 Å². The Labute approximate surface area is 205 Å². The topological polar surface area (TPSA) is 74.6 Å². The Balaban J connectivity index is 1.34. The number of ketones is 1. The number of ether oxygens (including phenoxy) is 1. The Morgan fingerprint density at radius 1 is 1.09 bits per heavy atom. The first-order chi connectivity index (χ1) is 16.3. The lowest BCUT2D eigenvalue weighted by atomic mass is 9.71. The van der Waals surface area contributed by atoms with Gasteiger partial charge in [-0.2, -0.15) is 0 Å². The molecular formula is C27H31ClN4O2. The molecule has 3 aromatic rings. The molecule has 0 spiro atoms. The number of nitrogen functional groups attached to an aromatic ring is 1. The van der Waals surface area contributed by atoms with Gasteiger partial charge in [-0.15, -0.1) is 0 Å². The fourth-order valence-corrected chi connectivity index (χ4v) is 6.40. The zero-order chi connectivity index (χ0) is 23.6. The molecule has 34 heavy (non-hydrogen) atoms. The maximum Gasteiger partial charge on any atom is 0.195 e. The number of aromatic nitrogens is 1. The molecule has 178 valence electrons. The largest absolute Gasteiger partial charge is 0.399 e. The Morgan fingerprint density at radius 2 is 1.82 bits per heavy atom. The molecule has 1 aliphatic carbocycles. The first-order valence-corrected chi connectivity index (χ1v) is 12.6.